The third-order valence-corrected chi connectivity index (χ3v) is 0. The first kappa shape index (κ1) is 16.1. The van der Waals surface area contributed by atoms with E-state index in [4.69, 9.17) is 19.8 Å². The zero-order valence-electron chi connectivity index (χ0n) is 4.23. The van der Waals surface area contributed by atoms with E-state index in [0.29, 0.717) is 0 Å². The quantitative estimate of drug-likeness (QED) is 0.403. The number of hydrogen-bond donors (Lipinski definition) is 2. The van der Waals surface area contributed by atoms with E-state index >= 15 is 0 Å². The van der Waals surface area contributed by atoms with Gasteiger partial charge in [-0.25, -0.2) is 0 Å². The van der Waals surface area contributed by atoms with E-state index in [1.54, 1.807) is 0 Å². The molecule has 0 heterocycles. The monoisotopic (exact) mass is 178 g/mol. The van der Waals surface area contributed by atoms with Crippen LogP contribution in [0.25, 0.3) is 0 Å². The van der Waals surface area contributed by atoms with Crippen LogP contribution in [0.15, 0.2) is 0 Å². The molecule has 9 heavy (non-hydrogen) atoms. The van der Waals surface area contributed by atoms with Crippen LogP contribution in [0.5, 0.6) is 0 Å². The predicted octanol–water partition coefficient (Wildman–Crippen LogP) is 0.0418. The molecule has 0 spiro atoms. The molecule has 0 saturated carbocycles. The van der Waals surface area contributed by atoms with E-state index in [9.17, 15) is 0 Å². The molecule has 0 aromatic rings. The van der Waals surface area contributed by atoms with Gasteiger partial charge in [0.1, 0.15) is 0 Å². The van der Waals surface area contributed by atoms with E-state index in [1.807, 2.05) is 0 Å². The molecule has 0 unspecified atom stereocenters. The van der Waals surface area contributed by atoms with Crippen molar-refractivity contribution in [3.63, 3.8) is 0 Å². The van der Waals surface area contributed by atoms with Crippen LogP contribution in [0, 0.1) is 0 Å². The summed E-state index contributed by atoms with van der Waals surface area (Å²) in [5, 5.41) is 12.0. The first-order chi connectivity index (χ1) is 3.46. The third kappa shape index (κ3) is 14400. The number of carboxylic acid groups (broad SMARTS) is 2. The molecule has 4 nitrogen and oxygen atoms in total. The predicted molar refractivity (Wildman–Crippen MR) is 36.5 cm³/mol. The van der Waals surface area contributed by atoms with Crippen molar-refractivity contribution in [2.24, 2.45) is 0 Å². The molecule has 0 fully saturated rings. The molecule has 7 heteroatoms. The Bertz CT molecular complexity index is 74.6. The van der Waals surface area contributed by atoms with Crippen molar-refractivity contribution in [2.75, 3.05) is 0 Å². The molecule has 0 aliphatic carbocycles. The molecule has 0 rings (SSSR count). The van der Waals surface area contributed by atoms with Crippen LogP contribution in [-0.2, 0) is 25.3 Å². The van der Waals surface area contributed by atoms with Crippen LogP contribution in [0.1, 0.15) is 0 Å². The summed E-state index contributed by atoms with van der Waals surface area (Å²) in [6, 6.07) is 0. The van der Waals surface area contributed by atoms with Crippen LogP contribution < -0.4 is 0 Å². The normalized spacial score (nSPS) is 5.33. The fourth-order valence-electron chi connectivity index (χ4n) is 0. The van der Waals surface area contributed by atoms with Gasteiger partial charge in [0.05, 0.1) is 0 Å². The Morgan fingerprint density at radius 3 is 1.00 bits per heavy atom. The fraction of sp³-hybridized carbons (Fsp3) is 0. The summed E-state index contributed by atoms with van der Waals surface area (Å²) in [6.45, 7) is 0. The smallest absolute Gasteiger partial charge is 0.698 e. The van der Waals surface area contributed by atoms with Gasteiger partial charge >= 0.3 is 23.1 Å². The Kier molecular flexibility index (Phi) is 19.7. The second-order valence-corrected chi connectivity index (χ2v) is 1.23. The van der Waals surface area contributed by atoms with Gasteiger partial charge in [-0.05, 0) is 0 Å². The van der Waals surface area contributed by atoms with Crippen molar-refractivity contribution in [2.45, 2.75) is 0 Å². The molecule has 0 saturated heterocycles. The van der Waals surface area contributed by atoms with E-state index in [1.165, 1.54) is 0 Å². The van der Waals surface area contributed by atoms with Crippen LogP contribution in [0.3, 0.4) is 0 Å². The second kappa shape index (κ2) is 11.0. The zero-order valence-corrected chi connectivity index (χ0v) is 7.28. The Hall–Kier alpha value is 0.146. The van der Waals surface area contributed by atoms with Gasteiger partial charge in [-0.15, -0.1) is 0 Å². The van der Waals surface area contributed by atoms with Crippen LogP contribution in [-0.4, -0.2) is 43.9 Å². The van der Waals surface area contributed by atoms with Crippen molar-refractivity contribution in [1.29, 1.82) is 0 Å². The average Bonchev–Trinajstić information content (AvgIpc) is 1.25. The Morgan fingerprint density at radius 2 is 1.00 bits per heavy atom. The molecule has 0 radical (unpaired) electrons. The van der Waals surface area contributed by atoms with Crippen molar-refractivity contribution in [3.8, 4) is 0 Å². The molecule has 0 aliphatic heterocycles. The van der Waals surface area contributed by atoms with Crippen molar-refractivity contribution in [3.05, 3.63) is 0 Å². The second-order valence-electron chi connectivity index (χ2n) is 0.532. The van der Waals surface area contributed by atoms with Gasteiger partial charge in [0.15, 0.2) is 10.6 Å². The van der Waals surface area contributed by atoms with Gasteiger partial charge < -0.3 is 35.5 Å². The summed E-state index contributed by atoms with van der Waals surface area (Å²) in [7, 11) is 0. The van der Waals surface area contributed by atoms with Gasteiger partial charge in [0.2, 0.25) is 0 Å². The first-order valence-corrected chi connectivity index (χ1v) is 2.08. The van der Waals surface area contributed by atoms with Gasteiger partial charge in [0.25, 0.3) is 0 Å². The third-order valence-electron chi connectivity index (χ3n) is 0. The van der Waals surface area contributed by atoms with Crippen LogP contribution >= 0.6 is 0 Å². The van der Waals surface area contributed by atoms with E-state index in [0.717, 1.165) is 0 Å². The van der Waals surface area contributed by atoms with E-state index in [2.05, 4.69) is 25.3 Å². The molecule has 0 atom stereocenters. The number of hydrogen-bond acceptors (Lipinski definition) is 4. The standard InChI is InChI=1S/2CH2O2S.Mg/c2*2-1(3)4;/h2*4H,(H,2,3);/q;;+2/p-2. The molecule has 48 valence electrons. The summed E-state index contributed by atoms with van der Waals surface area (Å²) in [6.07, 6.45) is 0. The maximum Gasteiger partial charge on any atom is 2.00 e. The summed E-state index contributed by atoms with van der Waals surface area (Å²) in [4.78, 5) is 17.6. The Morgan fingerprint density at radius 1 is 1.00 bits per heavy atom. The van der Waals surface area contributed by atoms with Gasteiger partial charge in [-0.2, -0.15) is 0 Å². The summed E-state index contributed by atoms with van der Waals surface area (Å²) >= 11 is 7.07. The van der Waals surface area contributed by atoms with Crippen molar-refractivity contribution in [1.82, 2.24) is 0 Å². The average molecular weight is 178 g/mol. The Labute approximate surface area is 78.6 Å². The molecular weight excluding hydrogens is 176 g/mol. The van der Waals surface area contributed by atoms with Crippen LogP contribution in [0.4, 0.5) is 9.59 Å². The first-order valence-electron chi connectivity index (χ1n) is 1.26. The summed E-state index contributed by atoms with van der Waals surface area (Å²) in [5.74, 6) is 0. The van der Waals surface area contributed by atoms with E-state index in [-0.39, 0.29) is 23.1 Å². The minimum atomic E-state index is -1.25. The molecule has 2 N–H and O–H groups in total. The summed E-state index contributed by atoms with van der Waals surface area (Å²) < 4.78 is 0. The number of carbonyl (C=O) groups is 2. The largest absolute Gasteiger partial charge is 2.00 e. The van der Waals surface area contributed by atoms with E-state index < -0.39 is 10.6 Å². The number of rotatable bonds is 0. The molecule has 0 bridgehead atoms. The minimum absolute atomic E-state index is 0. The molecule has 0 aromatic carbocycles. The van der Waals surface area contributed by atoms with Crippen LogP contribution in [0.2, 0.25) is 0 Å². The van der Waals surface area contributed by atoms with Gasteiger partial charge in [-0.1, -0.05) is 0 Å². The SMILES string of the molecule is O=C(O)[S-].O=C(O)[S-].[Mg+2]. The maximum absolute atomic E-state index is 8.81. The zero-order chi connectivity index (χ0) is 7.15. The van der Waals surface area contributed by atoms with Gasteiger partial charge in [0, 0.05) is 0 Å². The topological polar surface area (TPSA) is 74.6 Å². The minimum Gasteiger partial charge on any atom is -0.698 e. The molecule has 0 amide bonds. The molecule has 0 aromatic heterocycles. The maximum atomic E-state index is 8.81. The Balaban J connectivity index is -0.0000000720. The summed E-state index contributed by atoms with van der Waals surface area (Å²) in [5.41, 5.74) is 0. The molecular formula is C2H2MgO4S2. The van der Waals surface area contributed by atoms with Crippen molar-refractivity contribution >= 4 is 58.9 Å². The van der Waals surface area contributed by atoms with Crippen molar-refractivity contribution < 1.29 is 19.8 Å². The fourth-order valence-corrected chi connectivity index (χ4v) is 0. The molecule has 0 aliphatic rings. The van der Waals surface area contributed by atoms with Gasteiger partial charge in [-0.3, -0.25) is 9.59 Å².